The van der Waals surface area contributed by atoms with Crippen LogP contribution in [0.5, 0.6) is 0 Å². The molecule has 3 N–H and O–H groups in total. The number of hydrogen-bond acceptors (Lipinski definition) is 6. The molecule has 0 aromatic carbocycles. The van der Waals surface area contributed by atoms with Crippen molar-refractivity contribution < 1.29 is 9.22 Å². The molecular formula is C22H32BrN5O2Si. The van der Waals surface area contributed by atoms with Crippen molar-refractivity contribution in [1.29, 1.82) is 0 Å². The van der Waals surface area contributed by atoms with Crippen LogP contribution in [0.1, 0.15) is 44.1 Å². The third kappa shape index (κ3) is 5.64. The Morgan fingerprint density at radius 2 is 2.06 bits per heavy atom. The van der Waals surface area contributed by atoms with Crippen LogP contribution < -0.4 is 16.0 Å². The molecule has 2 aromatic rings. The molecule has 168 valence electrons. The Kier molecular flexibility index (Phi) is 7.07. The molecule has 1 fully saturated rings. The van der Waals surface area contributed by atoms with E-state index in [0.29, 0.717) is 16.0 Å². The minimum atomic E-state index is -1.85. The fourth-order valence-electron chi connectivity index (χ4n) is 3.42. The Bertz CT molecular complexity index is 948. The fraction of sp³-hybridized carbons (Fsp3) is 0.500. The largest absolute Gasteiger partial charge is 0.412 e. The zero-order valence-corrected chi connectivity index (χ0v) is 21.5. The van der Waals surface area contributed by atoms with Crippen LogP contribution in [0.2, 0.25) is 18.1 Å². The van der Waals surface area contributed by atoms with Crippen molar-refractivity contribution in [3.8, 4) is 0 Å². The van der Waals surface area contributed by atoms with Crippen molar-refractivity contribution in [2.24, 2.45) is 0 Å². The van der Waals surface area contributed by atoms with E-state index in [4.69, 9.17) is 10.2 Å². The monoisotopic (exact) mass is 505 g/mol. The number of anilines is 3. The zero-order chi connectivity index (χ0) is 22.8. The van der Waals surface area contributed by atoms with Gasteiger partial charge in [0.25, 0.3) is 5.91 Å². The number of nitrogens with zero attached hydrogens (tertiary/aromatic N) is 3. The topological polar surface area (TPSA) is 93.4 Å². The molecule has 0 saturated carbocycles. The third-order valence-electron chi connectivity index (χ3n) is 6.14. The van der Waals surface area contributed by atoms with Crippen molar-refractivity contribution in [3.05, 3.63) is 40.9 Å². The maximum atomic E-state index is 12.8. The lowest BCUT2D eigenvalue weighted by Crippen LogP contribution is -2.49. The van der Waals surface area contributed by atoms with Gasteiger partial charge in [-0.3, -0.25) is 9.78 Å². The molecule has 0 spiro atoms. The van der Waals surface area contributed by atoms with Crippen molar-refractivity contribution in [3.63, 3.8) is 0 Å². The smallest absolute Gasteiger partial charge is 0.276 e. The SMILES string of the molecule is CC(C)(C)[Si](C)(C)O[C@H]1CCCN(c2ccncc2NC(=O)c2nc(Br)ccc2N)C1. The molecule has 0 radical (unpaired) electrons. The Hall–Kier alpha value is -1.97. The number of nitrogen functional groups attached to an aromatic ring is 1. The summed E-state index contributed by atoms with van der Waals surface area (Å²) >= 11 is 3.29. The maximum absolute atomic E-state index is 12.8. The van der Waals surface area contributed by atoms with E-state index >= 15 is 0 Å². The van der Waals surface area contributed by atoms with E-state index in [2.05, 4.69) is 70.0 Å². The number of rotatable bonds is 5. The van der Waals surface area contributed by atoms with Crippen molar-refractivity contribution in [1.82, 2.24) is 9.97 Å². The first-order valence-electron chi connectivity index (χ1n) is 10.6. The van der Waals surface area contributed by atoms with Crippen LogP contribution in [0.3, 0.4) is 0 Å². The first kappa shape index (κ1) is 23.7. The van der Waals surface area contributed by atoms with E-state index < -0.39 is 8.32 Å². The van der Waals surface area contributed by atoms with Gasteiger partial charge in [0.15, 0.2) is 14.0 Å². The second-order valence-corrected chi connectivity index (χ2v) is 15.1. The Morgan fingerprint density at radius 1 is 1.32 bits per heavy atom. The number of amides is 1. The van der Waals surface area contributed by atoms with Gasteiger partial charge in [-0.15, -0.1) is 0 Å². The number of carbonyl (C=O) groups excluding carboxylic acids is 1. The molecule has 3 heterocycles. The van der Waals surface area contributed by atoms with Gasteiger partial charge in [-0.2, -0.15) is 0 Å². The summed E-state index contributed by atoms with van der Waals surface area (Å²) < 4.78 is 7.23. The third-order valence-corrected chi connectivity index (χ3v) is 11.1. The molecular weight excluding hydrogens is 474 g/mol. The minimum absolute atomic E-state index is 0.169. The molecule has 2 aromatic heterocycles. The second kappa shape index (κ2) is 9.26. The average molecular weight is 507 g/mol. The number of nitrogens with one attached hydrogen (secondary N) is 1. The van der Waals surface area contributed by atoms with E-state index in [1.807, 2.05) is 6.07 Å². The van der Waals surface area contributed by atoms with Crippen LogP contribution in [0.4, 0.5) is 17.1 Å². The molecule has 1 aliphatic heterocycles. The second-order valence-electron chi connectivity index (χ2n) is 9.51. The maximum Gasteiger partial charge on any atom is 0.276 e. The van der Waals surface area contributed by atoms with E-state index in [1.54, 1.807) is 24.5 Å². The molecule has 3 rings (SSSR count). The van der Waals surface area contributed by atoms with Crippen LogP contribution in [0.25, 0.3) is 0 Å². The summed E-state index contributed by atoms with van der Waals surface area (Å²) in [7, 11) is -1.85. The van der Waals surface area contributed by atoms with Crippen LogP contribution in [-0.4, -0.2) is 43.4 Å². The first-order valence-corrected chi connectivity index (χ1v) is 14.3. The summed E-state index contributed by atoms with van der Waals surface area (Å²) in [4.78, 5) is 23.5. The number of nitrogens with two attached hydrogens (primary N) is 1. The lowest BCUT2D eigenvalue weighted by atomic mass is 10.1. The van der Waals surface area contributed by atoms with Gasteiger partial charge in [-0.05, 0) is 65.1 Å². The summed E-state index contributed by atoms with van der Waals surface area (Å²) in [6.45, 7) is 13.1. The van der Waals surface area contributed by atoms with E-state index in [-0.39, 0.29) is 22.7 Å². The number of carbonyl (C=O) groups is 1. The molecule has 0 aliphatic carbocycles. The highest BCUT2D eigenvalue weighted by Gasteiger charge is 2.40. The van der Waals surface area contributed by atoms with Crippen LogP contribution in [-0.2, 0) is 4.43 Å². The van der Waals surface area contributed by atoms with Gasteiger partial charge in [0.2, 0.25) is 0 Å². The standard InChI is InChI=1S/C22H32BrN5O2Si/c1-22(2,3)31(4,5)30-15-7-6-12-28(14-15)18-10-11-25-13-17(18)26-21(29)20-16(24)8-9-19(23)27-20/h8-11,13,15H,6-7,12,14,24H2,1-5H3,(H,26,29)/t15-/m0/s1. The molecule has 7 nitrogen and oxygen atoms in total. The highest BCUT2D eigenvalue weighted by atomic mass is 79.9. The Balaban J connectivity index is 1.78. The quantitative estimate of drug-likeness (QED) is 0.435. The lowest BCUT2D eigenvalue weighted by Gasteiger charge is -2.43. The van der Waals surface area contributed by atoms with Crippen LogP contribution in [0.15, 0.2) is 35.2 Å². The van der Waals surface area contributed by atoms with Gasteiger partial charge in [0.05, 0.1) is 29.4 Å². The Morgan fingerprint density at radius 3 is 2.77 bits per heavy atom. The van der Waals surface area contributed by atoms with Gasteiger partial charge >= 0.3 is 0 Å². The molecule has 1 aliphatic rings. The number of piperidine rings is 1. The predicted octanol–water partition coefficient (Wildman–Crippen LogP) is 5.06. The van der Waals surface area contributed by atoms with Gasteiger partial charge in [0, 0.05) is 19.3 Å². The van der Waals surface area contributed by atoms with Gasteiger partial charge in [0.1, 0.15) is 4.60 Å². The van der Waals surface area contributed by atoms with E-state index in [0.717, 1.165) is 31.6 Å². The normalized spacial score (nSPS) is 17.5. The molecule has 0 bridgehead atoms. The number of halogens is 1. The van der Waals surface area contributed by atoms with Crippen LogP contribution in [0, 0.1) is 0 Å². The van der Waals surface area contributed by atoms with Gasteiger partial charge in [-0.25, -0.2) is 4.98 Å². The van der Waals surface area contributed by atoms with Gasteiger partial charge < -0.3 is 20.4 Å². The highest BCUT2D eigenvalue weighted by molar-refractivity contribution is 9.10. The number of hydrogen-bond donors (Lipinski definition) is 2. The number of aromatic nitrogens is 2. The lowest BCUT2D eigenvalue weighted by molar-refractivity contribution is 0.102. The minimum Gasteiger partial charge on any atom is -0.412 e. The summed E-state index contributed by atoms with van der Waals surface area (Å²) in [5, 5.41) is 3.11. The summed E-state index contributed by atoms with van der Waals surface area (Å²) in [6.07, 6.45) is 5.67. The Labute approximate surface area is 194 Å². The first-order chi connectivity index (χ1) is 14.5. The molecule has 1 amide bonds. The highest BCUT2D eigenvalue weighted by Crippen LogP contribution is 2.39. The summed E-state index contributed by atoms with van der Waals surface area (Å²) in [6, 6.07) is 5.30. The molecule has 1 saturated heterocycles. The summed E-state index contributed by atoms with van der Waals surface area (Å²) in [5.74, 6) is -0.362. The van der Waals surface area contributed by atoms with E-state index in [9.17, 15) is 4.79 Å². The molecule has 1 atom stereocenters. The van der Waals surface area contributed by atoms with E-state index in [1.165, 1.54) is 0 Å². The number of pyridine rings is 2. The molecule has 9 heteroatoms. The average Bonchev–Trinajstić information content (AvgIpc) is 2.69. The molecule has 0 unspecified atom stereocenters. The fourth-order valence-corrected chi connectivity index (χ4v) is 5.10. The van der Waals surface area contributed by atoms with Crippen molar-refractivity contribution in [2.45, 2.75) is 57.8 Å². The van der Waals surface area contributed by atoms with Gasteiger partial charge in [-0.1, -0.05) is 20.8 Å². The van der Waals surface area contributed by atoms with Crippen molar-refractivity contribution >= 4 is 47.2 Å². The van der Waals surface area contributed by atoms with Crippen LogP contribution >= 0.6 is 15.9 Å². The van der Waals surface area contributed by atoms with Crippen molar-refractivity contribution in [2.75, 3.05) is 29.0 Å². The summed E-state index contributed by atoms with van der Waals surface area (Å²) in [5.41, 5.74) is 8.03. The molecule has 31 heavy (non-hydrogen) atoms. The predicted molar refractivity (Wildman–Crippen MR) is 132 cm³/mol. The zero-order valence-electron chi connectivity index (χ0n) is 18.9.